The number of hydrogen-bond acceptors (Lipinski definition) is 3. The topological polar surface area (TPSA) is 49.9 Å². The Balaban J connectivity index is 1.52. The van der Waals surface area contributed by atoms with Gasteiger partial charge in [0.15, 0.2) is 0 Å². The minimum absolute atomic E-state index is 0.0123. The molecule has 3 aliphatic heterocycles. The van der Waals surface area contributed by atoms with Crippen LogP contribution in [-0.4, -0.2) is 65.4 Å². The van der Waals surface area contributed by atoms with Gasteiger partial charge in [0.05, 0.1) is 0 Å². The molecule has 0 N–H and O–H groups in total. The van der Waals surface area contributed by atoms with Crippen molar-refractivity contribution in [1.82, 2.24) is 9.80 Å². The van der Waals surface area contributed by atoms with Crippen LogP contribution in [-0.2, 0) is 16.0 Å². The Morgan fingerprint density at radius 3 is 2.02 bits per heavy atom. The number of ether oxygens (including phenoxy) is 1. The van der Waals surface area contributed by atoms with Crippen LogP contribution in [0.4, 0.5) is 4.79 Å². The summed E-state index contributed by atoms with van der Waals surface area (Å²) in [5.41, 5.74) is 3.84. The summed E-state index contributed by atoms with van der Waals surface area (Å²) in [5, 5.41) is 0. The molecule has 5 rings (SSSR count). The number of rotatable bonds is 14. The fourth-order valence-electron chi connectivity index (χ4n) is 7.50. The van der Waals surface area contributed by atoms with Crippen LogP contribution in [0.2, 0.25) is 13.3 Å². The maximum absolute atomic E-state index is 13.8. The van der Waals surface area contributed by atoms with Crippen molar-refractivity contribution < 1.29 is 14.3 Å². The summed E-state index contributed by atoms with van der Waals surface area (Å²) >= 11 is -2.62. The van der Waals surface area contributed by atoms with Crippen LogP contribution < -0.4 is 0 Å². The van der Waals surface area contributed by atoms with Crippen molar-refractivity contribution in [2.24, 2.45) is 5.92 Å². The van der Waals surface area contributed by atoms with E-state index in [0.717, 1.165) is 18.5 Å². The van der Waals surface area contributed by atoms with Crippen LogP contribution in [0, 0.1) is 5.92 Å². The average Bonchev–Trinajstić information content (AvgIpc) is 3.52. The van der Waals surface area contributed by atoms with Gasteiger partial charge in [-0.25, -0.2) is 0 Å². The Bertz CT molecular complexity index is 1180. The third-order valence-corrected chi connectivity index (χ3v) is 24.1. The monoisotopic (exact) mass is 664 g/mol. The van der Waals surface area contributed by atoms with Crippen molar-refractivity contribution in [3.63, 3.8) is 0 Å². The third-order valence-electron chi connectivity index (χ3n) is 9.73. The van der Waals surface area contributed by atoms with E-state index in [1.807, 2.05) is 30.3 Å². The molecule has 0 aromatic heterocycles. The van der Waals surface area contributed by atoms with Gasteiger partial charge in [0.2, 0.25) is 0 Å². The van der Waals surface area contributed by atoms with Crippen LogP contribution >= 0.6 is 0 Å². The van der Waals surface area contributed by atoms with Gasteiger partial charge in [-0.1, -0.05) is 0 Å². The molecule has 0 aliphatic carbocycles. The second-order valence-corrected chi connectivity index (χ2v) is 25.4. The van der Waals surface area contributed by atoms with Crippen LogP contribution in [0.25, 0.3) is 0 Å². The molecule has 0 spiro atoms. The number of amides is 2. The summed E-state index contributed by atoms with van der Waals surface area (Å²) in [7, 11) is 0. The molecule has 0 radical (unpaired) electrons. The molecule has 6 heteroatoms. The Morgan fingerprint density at radius 1 is 0.854 bits per heavy atom. The van der Waals surface area contributed by atoms with Crippen molar-refractivity contribution in [1.29, 1.82) is 0 Å². The Morgan fingerprint density at radius 2 is 1.44 bits per heavy atom. The first kappa shape index (κ1) is 30.2. The van der Waals surface area contributed by atoms with Gasteiger partial charge in [0.25, 0.3) is 0 Å². The Labute approximate surface area is 251 Å². The van der Waals surface area contributed by atoms with Crippen LogP contribution in [0.1, 0.15) is 76.5 Å². The molecule has 3 heterocycles. The standard InChI is InChI=1S/C23H21N2O3.3C4H9.Sn/c1-15-13-24-20(18(15)12-16-8-4-2-5-9-16)21(22(24)26)25-19(14-28-23(25)27)17-10-6-3-7-11-17;3*1-3-4-2;/h1-11,18-21H,12-14H2;3*1,3-4H2,2H3;/t18-,19-,20-,21+;;;;/m1..../s1. The van der Waals surface area contributed by atoms with Crippen molar-refractivity contribution >= 4 is 30.4 Å². The molecule has 5 nitrogen and oxygen atoms in total. The van der Waals surface area contributed by atoms with E-state index in [2.05, 4.69) is 60.1 Å². The van der Waals surface area contributed by atoms with Crippen LogP contribution in [0.5, 0.6) is 0 Å². The zero-order valence-electron chi connectivity index (χ0n) is 25.3. The molecule has 41 heavy (non-hydrogen) atoms. The molecule has 3 aliphatic rings. The molecule has 2 amide bonds. The number of β-lactam (4-membered cyclic amide) rings is 1. The third kappa shape index (κ3) is 6.40. The molecular formula is C35H48N2O3Sn. The predicted octanol–water partition coefficient (Wildman–Crippen LogP) is 7.95. The summed E-state index contributed by atoms with van der Waals surface area (Å²) in [6.07, 6.45) is 8.28. The van der Waals surface area contributed by atoms with Gasteiger partial charge < -0.3 is 0 Å². The number of cyclic esters (lactones) is 1. The number of nitrogens with zero attached hydrogens (tertiary/aromatic N) is 2. The number of hydrogen-bond donors (Lipinski definition) is 0. The summed E-state index contributed by atoms with van der Waals surface area (Å²) in [6, 6.07) is 20.1. The second kappa shape index (κ2) is 13.8. The average molecular weight is 663 g/mol. The number of carbonyl (C=O) groups is 2. The van der Waals surface area contributed by atoms with Crippen molar-refractivity contribution in [3.05, 3.63) is 81.5 Å². The summed E-state index contributed by atoms with van der Waals surface area (Å²) in [4.78, 5) is 30.9. The zero-order chi connectivity index (χ0) is 28.8. The normalized spacial score (nSPS) is 25.0. The van der Waals surface area contributed by atoms with E-state index in [1.165, 1.54) is 63.0 Å². The van der Waals surface area contributed by atoms with E-state index in [4.69, 9.17) is 4.74 Å². The number of fused-ring (bicyclic) bond motifs is 1. The first-order valence-electron chi connectivity index (χ1n) is 16.1. The summed E-state index contributed by atoms with van der Waals surface area (Å²) in [6.45, 7) is 8.01. The fraction of sp³-hybridized carbons (Fsp3) is 0.543. The van der Waals surface area contributed by atoms with Gasteiger partial charge >= 0.3 is 252 Å². The molecule has 220 valence electrons. The summed E-state index contributed by atoms with van der Waals surface area (Å²) in [5.74, 6) is 0.332. The molecule has 0 unspecified atom stereocenters. The molecule has 0 saturated carbocycles. The van der Waals surface area contributed by atoms with E-state index in [0.29, 0.717) is 6.61 Å². The van der Waals surface area contributed by atoms with E-state index in [1.54, 1.807) is 4.90 Å². The van der Waals surface area contributed by atoms with E-state index >= 15 is 0 Å². The zero-order valence-corrected chi connectivity index (χ0v) is 28.1. The maximum atomic E-state index is 13.8. The molecule has 3 saturated heterocycles. The SMILES string of the molecule is CCC[CH2][Sn](/[CH]=C1\CN2C(=O)[C@@H](N3C(=O)OC[C@@H]3c3ccccc3)[C@H]2[C@@H]1Cc1ccccc1)([CH2]CCC)[CH2]CCC. The Hall–Kier alpha value is -2.28. The van der Waals surface area contributed by atoms with Crippen molar-refractivity contribution in [2.45, 2.75) is 97.2 Å². The van der Waals surface area contributed by atoms with E-state index < -0.39 is 24.4 Å². The van der Waals surface area contributed by atoms with Crippen molar-refractivity contribution in [3.8, 4) is 0 Å². The fourth-order valence-corrected chi connectivity index (χ4v) is 23.1. The second-order valence-electron chi connectivity index (χ2n) is 12.5. The molecule has 3 fully saturated rings. The first-order chi connectivity index (χ1) is 20.0. The first-order valence-corrected chi connectivity index (χ1v) is 23.8. The molecule has 0 bridgehead atoms. The summed E-state index contributed by atoms with van der Waals surface area (Å²) < 4.78 is 12.7. The predicted molar refractivity (Wildman–Crippen MR) is 168 cm³/mol. The molecule has 2 aromatic carbocycles. The Kier molecular flexibility index (Phi) is 10.2. The van der Waals surface area contributed by atoms with Crippen LogP contribution in [0.15, 0.2) is 70.3 Å². The molecule has 4 atom stereocenters. The van der Waals surface area contributed by atoms with Crippen LogP contribution in [0.3, 0.4) is 0 Å². The van der Waals surface area contributed by atoms with Gasteiger partial charge in [-0.15, -0.1) is 0 Å². The van der Waals surface area contributed by atoms with Gasteiger partial charge in [0, 0.05) is 0 Å². The van der Waals surface area contributed by atoms with E-state index in [9.17, 15) is 9.59 Å². The van der Waals surface area contributed by atoms with Gasteiger partial charge in [-0.2, -0.15) is 0 Å². The van der Waals surface area contributed by atoms with Crippen molar-refractivity contribution in [2.75, 3.05) is 13.2 Å². The number of unbranched alkanes of at least 4 members (excludes halogenated alkanes) is 3. The quantitative estimate of drug-likeness (QED) is 0.152. The molecular weight excluding hydrogens is 615 g/mol. The van der Waals surface area contributed by atoms with Gasteiger partial charge in [-0.3, -0.25) is 0 Å². The van der Waals surface area contributed by atoms with E-state index in [-0.39, 0.29) is 30.0 Å². The number of carbonyl (C=O) groups excluding carboxylic acids is 2. The molecule has 2 aromatic rings. The number of benzene rings is 2. The van der Waals surface area contributed by atoms with Gasteiger partial charge in [-0.05, 0) is 0 Å². The minimum atomic E-state index is -2.62. The van der Waals surface area contributed by atoms with Gasteiger partial charge in [0.1, 0.15) is 0 Å².